The van der Waals surface area contributed by atoms with Crippen LogP contribution in [0, 0.1) is 11.3 Å². The summed E-state index contributed by atoms with van der Waals surface area (Å²) in [6, 6.07) is 6.48. The van der Waals surface area contributed by atoms with Gasteiger partial charge in [-0.3, -0.25) is 4.98 Å². The van der Waals surface area contributed by atoms with Gasteiger partial charge in [-0.15, -0.1) is 24.0 Å². The van der Waals surface area contributed by atoms with Crippen LogP contribution in [0.25, 0.3) is 0 Å². The van der Waals surface area contributed by atoms with Gasteiger partial charge < -0.3 is 15.4 Å². The molecule has 2 heterocycles. The summed E-state index contributed by atoms with van der Waals surface area (Å²) in [7, 11) is 0. The first-order valence-electron chi connectivity index (χ1n) is 9.40. The molecule has 138 valence electrons. The number of guanidine groups is 1. The number of fused-ring (bicyclic) bond motifs is 2. The average molecular weight is 456 g/mol. The molecule has 1 aromatic rings. The molecule has 2 saturated carbocycles. The summed E-state index contributed by atoms with van der Waals surface area (Å²) >= 11 is 0. The fraction of sp³-hybridized carbons (Fsp3) is 0.684. The average Bonchev–Trinajstić information content (AvgIpc) is 3.26. The highest BCUT2D eigenvalue weighted by molar-refractivity contribution is 14.0. The fourth-order valence-corrected chi connectivity index (χ4v) is 5.02. The lowest BCUT2D eigenvalue weighted by atomic mass is 9.54. The topological polar surface area (TPSA) is 58.5 Å². The molecule has 1 aliphatic heterocycles. The molecule has 25 heavy (non-hydrogen) atoms. The smallest absolute Gasteiger partial charge is 0.191 e. The molecular formula is C19H29IN4O. The molecule has 1 spiro atoms. The Morgan fingerprint density at radius 1 is 1.36 bits per heavy atom. The summed E-state index contributed by atoms with van der Waals surface area (Å²) in [5, 5.41) is 7.17. The minimum atomic E-state index is 0. The summed E-state index contributed by atoms with van der Waals surface area (Å²) in [5.41, 5.74) is 1.35. The van der Waals surface area contributed by atoms with Crippen molar-refractivity contribution in [3.63, 3.8) is 0 Å². The molecule has 2 N–H and O–H groups in total. The molecule has 1 saturated heterocycles. The van der Waals surface area contributed by atoms with Gasteiger partial charge >= 0.3 is 0 Å². The third-order valence-electron chi connectivity index (χ3n) is 6.05. The number of halogens is 1. The second-order valence-corrected chi connectivity index (χ2v) is 7.32. The summed E-state index contributed by atoms with van der Waals surface area (Å²) in [4.78, 5) is 9.13. The van der Waals surface area contributed by atoms with Crippen molar-refractivity contribution < 1.29 is 4.74 Å². The van der Waals surface area contributed by atoms with Crippen LogP contribution in [0.5, 0.6) is 0 Å². The molecule has 5 nitrogen and oxygen atoms in total. The Bertz CT molecular complexity index is 588. The van der Waals surface area contributed by atoms with Crippen LogP contribution in [0.1, 0.15) is 44.7 Å². The number of aromatic nitrogens is 1. The van der Waals surface area contributed by atoms with Crippen LogP contribution < -0.4 is 10.6 Å². The van der Waals surface area contributed by atoms with Gasteiger partial charge in [-0.1, -0.05) is 18.9 Å². The zero-order chi connectivity index (χ0) is 16.4. The number of nitrogens with one attached hydrogen (secondary N) is 2. The van der Waals surface area contributed by atoms with Crippen molar-refractivity contribution in [2.24, 2.45) is 16.3 Å². The number of hydrogen-bond donors (Lipinski definition) is 2. The van der Waals surface area contributed by atoms with E-state index in [9.17, 15) is 0 Å². The Labute approximate surface area is 167 Å². The van der Waals surface area contributed by atoms with E-state index in [1.807, 2.05) is 24.4 Å². The molecule has 6 heteroatoms. The van der Waals surface area contributed by atoms with Gasteiger partial charge in [0, 0.05) is 36.7 Å². The minimum absolute atomic E-state index is 0. The van der Waals surface area contributed by atoms with Crippen molar-refractivity contribution in [3.05, 3.63) is 30.1 Å². The highest BCUT2D eigenvalue weighted by Gasteiger charge is 2.65. The number of ether oxygens (including phenoxy) is 1. The first-order valence-corrected chi connectivity index (χ1v) is 9.40. The van der Waals surface area contributed by atoms with Gasteiger partial charge in [-0.05, 0) is 38.3 Å². The number of rotatable bonds is 4. The highest BCUT2D eigenvalue weighted by atomic mass is 127. The molecule has 0 aromatic carbocycles. The number of nitrogens with zero attached hydrogens (tertiary/aromatic N) is 2. The predicted molar refractivity (Wildman–Crippen MR) is 110 cm³/mol. The van der Waals surface area contributed by atoms with Crippen molar-refractivity contribution in [1.82, 2.24) is 15.6 Å². The van der Waals surface area contributed by atoms with E-state index in [4.69, 9.17) is 9.73 Å². The Morgan fingerprint density at radius 2 is 2.20 bits per heavy atom. The lowest BCUT2D eigenvalue weighted by Gasteiger charge is -2.57. The number of pyridine rings is 1. The zero-order valence-electron chi connectivity index (χ0n) is 14.9. The number of aliphatic imine (C=N–C) groups is 1. The molecule has 4 rings (SSSR count). The summed E-state index contributed by atoms with van der Waals surface area (Å²) < 4.78 is 6.08. The monoisotopic (exact) mass is 456 g/mol. The Morgan fingerprint density at radius 3 is 2.92 bits per heavy atom. The van der Waals surface area contributed by atoms with E-state index in [1.165, 1.54) is 32.1 Å². The Hall–Kier alpha value is -0.890. The lowest BCUT2D eigenvalue weighted by Crippen LogP contribution is -2.69. The van der Waals surface area contributed by atoms with Crippen LogP contribution in [-0.4, -0.2) is 36.2 Å². The van der Waals surface area contributed by atoms with Gasteiger partial charge in [0.15, 0.2) is 5.96 Å². The Kier molecular flexibility index (Phi) is 6.20. The van der Waals surface area contributed by atoms with E-state index >= 15 is 0 Å². The van der Waals surface area contributed by atoms with Gasteiger partial charge in [0.25, 0.3) is 0 Å². The first kappa shape index (κ1) is 18.9. The normalized spacial score (nSPS) is 29.6. The third-order valence-corrected chi connectivity index (χ3v) is 6.05. The minimum Gasteiger partial charge on any atom is -0.377 e. The van der Waals surface area contributed by atoms with E-state index in [1.54, 1.807) is 0 Å². The standard InChI is InChI=1S/C19H28N4O.HI/c1-2-20-18(22-13-14-7-3-6-11-21-14)23-16-15-8-12-24-17(15)19(16)9-4-5-10-19;/h3,6-7,11,15-17H,2,4-5,8-10,12-13H2,1H3,(H2,20,22,23);1H. The molecule has 0 amide bonds. The van der Waals surface area contributed by atoms with Crippen molar-refractivity contribution in [2.75, 3.05) is 13.2 Å². The van der Waals surface area contributed by atoms with Crippen molar-refractivity contribution in [2.45, 2.75) is 57.7 Å². The van der Waals surface area contributed by atoms with Gasteiger partial charge in [0.05, 0.1) is 18.3 Å². The molecule has 3 atom stereocenters. The van der Waals surface area contributed by atoms with Crippen LogP contribution >= 0.6 is 24.0 Å². The second-order valence-electron chi connectivity index (χ2n) is 7.32. The SMILES string of the molecule is CCNC(=NCc1ccccn1)NC1C2CCOC2C12CCCC2.I. The van der Waals surface area contributed by atoms with E-state index < -0.39 is 0 Å². The van der Waals surface area contributed by atoms with Crippen LogP contribution in [0.4, 0.5) is 0 Å². The summed E-state index contributed by atoms with van der Waals surface area (Å²) in [5.74, 6) is 1.58. The maximum absolute atomic E-state index is 6.08. The maximum Gasteiger partial charge on any atom is 0.191 e. The van der Waals surface area contributed by atoms with Crippen LogP contribution in [-0.2, 0) is 11.3 Å². The predicted octanol–water partition coefficient (Wildman–Crippen LogP) is 3.10. The molecule has 3 unspecified atom stereocenters. The quantitative estimate of drug-likeness (QED) is 0.416. The molecule has 1 aromatic heterocycles. The Balaban J connectivity index is 0.00000182. The van der Waals surface area contributed by atoms with Crippen LogP contribution in [0.15, 0.2) is 29.4 Å². The summed E-state index contributed by atoms with van der Waals surface area (Å²) in [6.45, 7) is 4.53. The molecule has 0 radical (unpaired) electrons. The largest absolute Gasteiger partial charge is 0.377 e. The zero-order valence-corrected chi connectivity index (χ0v) is 17.2. The lowest BCUT2D eigenvalue weighted by molar-refractivity contribution is -0.125. The van der Waals surface area contributed by atoms with Crippen molar-refractivity contribution in [1.29, 1.82) is 0 Å². The summed E-state index contributed by atoms with van der Waals surface area (Å²) in [6.07, 6.45) is 8.76. The second kappa shape index (κ2) is 8.20. The molecular weight excluding hydrogens is 427 g/mol. The highest BCUT2D eigenvalue weighted by Crippen LogP contribution is 2.60. The van der Waals surface area contributed by atoms with Crippen molar-refractivity contribution >= 4 is 29.9 Å². The molecule has 3 aliphatic rings. The van der Waals surface area contributed by atoms with E-state index in [2.05, 4.69) is 22.5 Å². The molecule has 3 fully saturated rings. The van der Waals surface area contributed by atoms with E-state index in [0.717, 1.165) is 24.8 Å². The van der Waals surface area contributed by atoms with Crippen LogP contribution in [0.3, 0.4) is 0 Å². The van der Waals surface area contributed by atoms with E-state index in [-0.39, 0.29) is 24.0 Å². The van der Waals surface area contributed by atoms with E-state index in [0.29, 0.717) is 30.0 Å². The van der Waals surface area contributed by atoms with Gasteiger partial charge in [-0.2, -0.15) is 0 Å². The first-order chi connectivity index (χ1) is 11.8. The van der Waals surface area contributed by atoms with Gasteiger partial charge in [0.2, 0.25) is 0 Å². The third kappa shape index (κ3) is 3.52. The van der Waals surface area contributed by atoms with Gasteiger partial charge in [-0.25, -0.2) is 4.99 Å². The molecule has 2 aliphatic carbocycles. The molecule has 0 bridgehead atoms. The van der Waals surface area contributed by atoms with Crippen LogP contribution in [0.2, 0.25) is 0 Å². The van der Waals surface area contributed by atoms with Gasteiger partial charge in [0.1, 0.15) is 0 Å². The number of hydrogen-bond acceptors (Lipinski definition) is 3. The van der Waals surface area contributed by atoms with Crippen molar-refractivity contribution in [3.8, 4) is 0 Å². The maximum atomic E-state index is 6.08. The fourth-order valence-electron chi connectivity index (χ4n) is 5.02.